The molecule has 1 fully saturated rings. The second-order valence-corrected chi connectivity index (χ2v) is 5.52. The smallest absolute Gasteiger partial charge is 0.241 e. The molecule has 1 saturated carbocycles. The van der Waals surface area contributed by atoms with Crippen LogP contribution in [-0.4, -0.2) is 37.5 Å². The van der Waals surface area contributed by atoms with Gasteiger partial charge in [-0.2, -0.15) is 0 Å². The van der Waals surface area contributed by atoms with Crippen molar-refractivity contribution in [2.24, 2.45) is 11.7 Å². The average molecular weight is 261 g/mol. The van der Waals surface area contributed by atoms with Gasteiger partial charge >= 0.3 is 0 Å². The van der Waals surface area contributed by atoms with Crippen LogP contribution >= 0.6 is 0 Å². The van der Waals surface area contributed by atoms with Crippen LogP contribution in [0.4, 0.5) is 0 Å². The molecule has 2 atom stereocenters. The highest BCUT2D eigenvalue weighted by Gasteiger charge is 2.29. The average Bonchev–Trinajstić information content (AvgIpc) is 3.21. The van der Waals surface area contributed by atoms with Crippen LogP contribution in [0.25, 0.3) is 0 Å². The number of carbonyl (C=O) groups excluding carboxylic acids is 1. The number of nitrogens with zero attached hydrogens (tertiary/aromatic N) is 1. The van der Waals surface area contributed by atoms with Crippen LogP contribution in [-0.2, 0) is 4.79 Å². The number of amides is 1. The number of nitrogens with one attached hydrogen (secondary N) is 1. The minimum atomic E-state index is -0.257. The molecule has 104 valence electrons. The van der Waals surface area contributed by atoms with Gasteiger partial charge in [0, 0.05) is 12.6 Å². The zero-order valence-electron chi connectivity index (χ0n) is 11.7. The molecule has 4 nitrogen and oxygen atoms in total. The first-order chi connectivity index (χ1) is 9.09. The van der Waals surface area contributed by atoms with E-state index in [4.69, 9.17) is 5.73 Å². The minimum Gasteiger partial charge on any atom is -0.353 e. The van der Waals surface area contributed by atoms with Crippen molar-refractivity contribution in [2.45, 2.75) is 24.9 Å². The van der Waals surface area contributed by atoms with E-state index in [2.05, 4.69) is 5.32 Å². The van der Waals surface area contributed by atoms with Crippen LogP contribution in [0.2, 0.25) is 0 Å². The quantitative estimate of drug-likeness (QED) is 0.807. The number of rotatable bonds is 6. The molecule has 2 unspecified atom stereocenters. The summed E-state index contributed by atoms with van der Waals surface area (Å²) >= 11 is 0. The van der Waals surface area contributed by atoms with Crippen LogP contribution in [0.15, 0.2) is 30.3 Å². The van der Waals surface area contributed by atoms with Gasteiger partial charge in [-0.15, -0.1) is 0 Å². The van der Waals surface area contributed by atoms with Gasteiger partial charge in [0.2, 0.25) is 5.91 Å². The predicted molar refractivity (Wildman–Crippen MR) is 76.6 cm³/mol. The van der Waals surface area contributed by atoms with E-state index >= 15 is 0 Å². The van der Waals surface area contributed by atoms with Crippen LogP contribution in [0, 0.1) is 5.92 Å². The number of benzene rings is 1. The maximum absolute atomic E-state index is 12.3. The van der Waals surface area contributed by atoms with E-state index in [0.717, 1.165) is 5.56 Å². The third kappa shape index (κ3) is 3.78. The molecule has 1 aromatic rings. The highest BCUT2D eigenvalue weighted by molar-refractivity contribution is 5.83. The molecule has 19 heavy (non-hydrogen) atoms. The van der Waals surface area contributed by atoms with E-state index in [1.807, 2.05) is 49.3 Å². The summed E-state index contributed by atoms with van der Waals surface area (Å²) in [4.78, 5) is 14.2. The highest BCUT2D eigenvalue weighted by atomic mass is 16.2. The number of likely N-dealkylation sites (N-methyl/N-ethyl adjacent to an activating group) is 1. The van der Waals surface area contributed by atoms with E-state index in [1.165, 1.54) is 12.8 Å². The lowest BCUT2D eigenvalue weighted by Gasteiger charge is -2.24. The largest absolute Gasteiger partial charge is 0.353 e. The fourth-order valence-corrected chi connectivity index (χ4v) is 2.33. The summed E-state index contributed by atoms with van der Waals surface area (Å²) in [5, 5.41) is 2.98. The number of nitrogens with two attached hydrogens (primary N) is 1. The Hall–Kier alpha value is -1.39. The maximum atomic E-state index is 12.3. The first-order valence-electron chi connectivity index (χ1n) is 6.84. The van der Waals surface area contributed by atoms with Gasteiger partial charge in [-0.05, 0) is 38.4 Å². The lowest BCUT2D eigenvalue weighted by molar-refractivity contribution is -0.125. The van der Waals surface area contributed by atoms with Gasteiger partial charge in [-0.25, -0.2) is 0 Å². The van der Waals surface area contributed by atoms with Gasteiger partial charge in [-0.1, -0.05) is 30.3 Å². The molecule has 3 N–H and O–H groups in total. The van der Waals surface area contributed by atoms with E-state index in [9.17, 15) is 4.79 Å². The molecule has 0 aromatic heterocycles. The number of carbonyl (C=O) groups is 1. The fraction of sp³-hybridized carbons (Fsp3) is 0.533. The van der Waals surface area contributed by atoms with Crippen molar-refractivity contribution in [3.8, 4) is 0 Å². The molecule has 0 aliphatic heterocycles. The third-order valence-electron chi connectivity index (χ3n) is 3.62. The Bertz CT molecular complexity index is 415. The molecule has 0 heterocycles. The first-order valence-corrected chi connectivity index (χ1v) is 6.84. The van der Waals surface area contributed by atoms with Crippen molar-refractivity contribution in [3.05, 3.63) is 35.9 Å². The zero-order chi connectivity index (χ0) is 13.8. The zero-order valence-corrected chi connectivity index (χ0v) is 11.7. The monoisotopic (exact) mass is 261 g/mol. The normalized spacial score (nSPS) is 18.1. The molecule has 1 aromatic carbocycles. The summed E-state index contributed by atoms with van der Waals surface area (Å²) in [6.45, 7) is 0.570. The SMILES string of the molecule is CN(C)C(C(=O)NCC(N)C1CC1)c1ccccc1. The molecule has 1 aliphatic carbocycles. The highest BCUT2D eigenvalue weighted by Crippen LogP contribution is 2.31. The topological polar surface area (TPSA) is 58.4 Å². The summed E-state index contributed by atoms with van der Waals surface area (Å²) in [7, 11) is 3.83. The van der Waals surface area contributed by atoms with Crippen molar-refractivity contribution < 1.29 is 4.79 Å². The van der Waals surface area contributed by atoms with E-state index < -0.39 is 0 Å². The fourth-order valence-electron chi connectivity index (χ4n) is 2.33. The van der Waals surface area contributed by atoms with Gasteiger partial charge in [0.15, 0.2) is 0 Å². The third-order valence-corrected chi connectivity index (χ3v) is 3.62. The summed E-state index contributed by atoms with van der Waals surface area (Å²) in [5.74, 6) is 0.627. The van der Waals surface area contributed by atoms with Crippen molar-refractivity contribution in [1.82, 2.24) is 10.2 Å². The predicted octanol–water partition coefficient (Wildman–Crippen LogP) is 1.14. The summed E-state index contributed by atoms with van der Waals surface area (Å²) in [6.07, 6.45) is 2.40. The van der Waals surface area contributed by atoms with Crippen molar-refractivity contribution >= 4 is 5.91 Å². The molecule has 1 amide bonds. The Morgan fingerprint density at radius 1 is 1.37 bits per heavy atom. The molecule has 0 saturated heterocycles. The van der Waals surface area contributed by atoms with Gasteiger partial charge in [0.05, 0.1) is 0 Å². The molecule has 1 aliphatic rings. The van der Waals surface area contributed by atoms with Crippen molar-refractivity contribution in [3.63, 3.8) is 0 Å². The maximum Gasteiger partial charge on any atom is 0.241 e. The van der Waals surface area contributed by atoms with Crippen LogP contribution in [0.5, 0.6) is 0 Å². The van der Waals surface area contributed by atoms with Crippen LogP contribution in [0.3, 0.4) is 0 Å². The minimum absolute atomic E-state index is 0.0206. The lowest BCUT2D eigenvalue weighted by atomic mass is 10.1. The molecular formula is C15H23N3O. The summed E-state index contributed by atoms with van der Waals surface area (Å²) < 4.78 is 0. The second-order valence-electron chi connectivity index (χ2n) is 5.52. The molecular weight excluding hydrogens is 238 g/mol. The number of hydrogen-bond donors (Lipinski definition) is 2. The van der Waals surface area contributed by atoms with Gasteiger partial charge < -0.3 is 11.1 Å². The molecule has 4 heteroatoms. The van der Waals surface area contributed by atoms with E-state index in [1.54, 1.807) is 0 Å². The van der Waals surface area contributed by atoms with Crippen molar-refractivity contribution in [1.29, 1.82) is 0 Å². The Morgan fingerprint density at radius 3 is 2.53 bits per heavy atom. The van der Waals surface area contributed by atoms with Crippen LogP contribution in [0.1, 0.15) is 24.4 Å². The first kappa shape index (κ1) is 14.0. The van der Waals surface area contributed by atoms with Gasteiger partial charge in [-0.3, -0.25) is 9.69 Å². The Labute approximate surface area is 115 Å². The van der Waals surface area contributed by atoms with E-state index in [-0.39, 0.29) is 18.0 Å². The second kappa shape index (κ2) is 6.17. The van der Waals surface area contributed by atoms with Crippen LogP contribution < -0.4 is 11.1 Å². The Balaban J connectivity index is 1.96. The molecule has 0 bridgehead atoms. The van der Waals surface area contributed by atoms with Crippen molar-refractivity contribution in [2.75, 3.05) is 20.6 Å². The number of hydrogen-bond acceptors (Lipinski definition) is 3. The Morgan fingerprint density at radius 2 is 2.00 bits per heavy atom. The summed E-state index contributed by atoms with van der Waals surface area (Å²) in [5.41, 5.74) is 7.02. The molecule has 0 spiro atoms. The standard InChI is InChI=1S/C15H23N3O/c1-18(2)14(12-6-4-3-5-7-12)15(19)17-10-13(16)11-8-9-11/h3-7,11,13-14H,8-10,16H2,1-2H3,(H,17,19). The Kier molecular flexibility index (Phi) is 4.56. The summed E-state index contributed by atoms with van der Waals surface area (Å²) in [6, 6.07) is 9.66. The lowest BCUT2D eigenvalue weighted by Crippen LogP contribution is -2.43. The molecule has 0 radical (unpaired) electrons. The van der Waals surface area contributed by atoms with Gasteiger partial charge in [0.25, 0.3) is 0 Å². The van der Waals surface area contributed by atoms with E-state index in [0.29, 0.717) is 12.5 Å². The molecule has 2 rings (SSSR count). The van der Waals surface area contributed by atoms with Gasteiger partial charge in [0.1, 0.15) is 6.04 Å².